The van der Waals surface area contributed by atoms with E-state index in [9.17, 15) is 24.8 Å². The third-order valence-corrected chi connectivity index (χ3v) is 3.46. The molecule has 0 fully saturated rings. The van der Waals surface area contributed by atoms with Gasteiger partial charge in [0.2, 0.25) is 0 Å². The molecule has 1 radical (unpaired) electrons. The average molecular weight is 429 g/mol. The molecule has 0 aliphatic carbocycles. The number of rotatable bonds is 10. The molecule has 9 heteroatoms. The Labute approximate surface area is 168 Å². The van der Waals surface area contributed by atoms with Gasteiger partial charge in [-0.1, -0.05) is 26.7 Å². The van der Waals surface area contributed by atoms with Crippen LogP contribution in [0.2, 0.25) is 0 Å². The Bertz CT molecular complexity index is 647. The summed E-state index contributed by atoms with van der Waals surface area (Å²) in [5, 5.41) is 21.1. The number of ether oxygens (including phenoxy) is 2. The molecule has 1 aromatic carbocycles. The van der Waals surface area contributed by atoms with Gasteiger partial charge in [0.15, 0.2) is 5.57 Å². The summed E-state index contributed by atoms with van der Waals surface area (Å²) in [7, 11) is 0. The van der Waals surface area contributed by atoms with Crippen LogP contribution >= 0.6 is 0 Å². The second kappa shape index (κ2) is 12.9. The van der Waals surface area contributed by atoms with Crippen LogP contribution in [-0.2, 0) is 36.1 Å². The maximum Gasteiger partial charge on any atom is 0.349 e. The third kappa shape index (κ3) is 7.80. The van der Waals surface area contributed by atoms with Crippen LogP contribution in [0.3, 0.4) is 0 Å². The molecule has 0 aromatic heterocycles. The van der Waals surface area contributed by atoms with Crippen LogP contribution in [0.15, 0.2) is 29.8 Å². The quantitative estimate of drug-likeness (QED) is 0.0696. The first-order valence-corrected chi connectivity index (χ1v) is 8.44. The Morgan fingerprint density at radius 3 is 1.81 bits per heavy atom. The van der Waals surface area contributed by atoms with Crippen LogP contribution in [0.25, 0.3) is 5.76 Å². The minimum Gasteiger partial charge on any atom is -0.506 e. The molecule has 0 saturated heterocycles. The molecule has 0 aliphatic rings. The van der Waals surface area contributed by atoms with Gasteiger partial charge in [-0.3, -0.25) is 10.1 Å². The van der Waals surface area contributed by atoms with Crippen molar-refractivity contribution >= 4 is 23.4 Å². The summed E-state index contributed by atoms with van der Waals surface area (Å²) in [6.07, 6.45) is 2.81. The van der Waals surface area contributed by atoms with Gasteiger partial charge in [0.25, 0.3) is 5.69 Å². The van der Waals surface area contributed by atoms with Gasteiger partial charge in [-0.15, -0.1) is 0 Å². The van der Waals surface area contributed by atoms with Gasteiger partial charge in [-0.2, -0.15) is 0 Å². The van der Waals surface area contributed by atoms with Crippen molar-refractivity contribution in [3.05, 3.63) is 45.5 Å². The van der Waals surface area contributed by atoms with E-state index in [2.05, 4.69) is 0 Å². The molecule has 1 aromatic rings. The largest absolute Gasteiger partial charge is 0.506 e. The van der Waals surface area contributed by atoms with Crippen LogP contribution in [-0.4, -0.2) is 35.2 Å². The molecule has 0 saturated carbocycles. The van der Waals surface area contributed by atoms with Crippen molar-refractivity contribution in [2.24, 2.45) is 0 Å². The van der Waals surface area contributed by atoms with Gasteiger partial charge in [0, 0.05) is 34.8 Å². The summed E-state index contributed by atoms with van der Waals surface area (Å²) in [6, 6.07) is 4.81. The molecule has 0 spiro atoms. The van der Waals surface area contributed by atoms with Crippen LogP contribution in [0.1, 0.15) is 45.1 Å². The first-order valence-electron chi connectivity index (χ1n) is 8.44. The molecule has 8 nitrogen and oxygen atoms in total. The number of benzene rings is 1. The second-order valence-corrected chi connectivity index (χ2v) is 5.51. The van der Waals surface area contributed by atoms with Gasteiger partial charge < -0.3 is 14.6 Å². The number of aliphatic hydroxyl groups is 1. The van der Waals surface area contributed by atoms with Crippen molar-refractivity contribution in [3.63, 3.8) is 0 Å². The molecule has 0 aliphatic heterocycles. The number of aliphatic hydroxyl groups excluding tert-OH is 1. The van der Waals surface area contributed by atoms with E-state index in [1.807, 2.05) is 13.8 Å². The molecule has 0 unspecified atom stereocenters. The maximum atomic E-state index is 12.2. The summed E-state index contributed by atoms with van der Waals surface area (Å²) >= 11 is 0. The zero-order valence-electron chi connectivity index (χ0n) is 15.2. The predicted molar refractivity (Wildman–Crippen MR) is 94.4 cm³/mol. The smallest absolute Gasteiger partial charge is 0.349 e. The number of hydrogen-bond acceptors (Lipinski definition) is 7. The topological polar surface area (TPSA) is 116 Å². The van der Waals surface area contributed by atoms with Crippen molar-refractivity contribution in [3.8, 4) is 0 Å². The van der Waals surface area contributed by atoms with E-state index in [1.165, 1.54) is 12.1 Å². The van der Waals surface area contributed by atoms with E-state index in [4.69, 9.17) is 9.47 Å². The van der Waals surface area contributed by atoms with Crippen LogP contribution in [0.4, 0.5) is 5.69 Å². The summed E-state index contributed by atoms with van der Waals surface area (Å²) in [5.41, 5.74) is -0.726. The number of carbonyl (C=O) groups excluding carboxylic acids is 2. The fraction of sp³-hybridized carbons (Fsp3) is 0.444. The van der Waals surface area contributed by atoms with Crippen molar-refractivity contribution < 1.29 is 46.2 Å². The third-order valence-electron chi connectivity index (χ3n) is 3.46. The number of hydrogen-bond donors (Lipinski definition) is 1. The average Bonchev–Trinajstić information content (AvgIpc) is 2.62. The standard InChI is InChI=1S/C18H23NO7.Cu/c1-3-5-11-25-17(21)15(18(22)26-12-6-4-2)16(20)13-7-9-14(10-8-13)19(23)24;/h7-10,20H,3-6,11-12H2,1-2H3;. The van der Waals surface area contributed by atoms with Crippen molar-refractivity contribution in [1.82, 2.24) is 0 Å². The van der Waals surface area contributed by atoms with E-state index in [0.29, 0.717) is 12.8 Å². The van der Waals surface area contributed by atoms with Gasteiger partial charge in [0.1, 0.15) is 5.76 Å². The molecule has 0 atom stereocenters. The van der Waals surface area contributed by atoms with E-state index < -0.39 is 28.2 Å². The Balaban J connectivity index is 0.00000676. The summed E-state index contributed by atoms with van der Waals surface area (Å²) < 4.78 is 10.0. The van der Waals surface area contributed by atoms with Crippen molar-refractivity contribution in [1.29, 1.82) is 0 Å². The summed E-state index contributed by atoms with van der Waals surface area (Å²) in [6.45, 7) is 4.04. The van der Waals surface area contributed by atoms with Crippen LogP contribution in [0, 0.1) is 10.1 Å². The van der Waals surface area contributed by atoms with E-state index in [-0.39, 0.29) is 41.5 Å². The van der Waals surface area contributed by atoms with Crippen molar-refractivity contribution in [2.45, 2.75) is 39.5 Å². The molecule has 1 rings (SSSR count). The summed E-state index contributed by atoms with van der Waals surface area (Å²) in [5.74, 6) is -2.62. The number of unbranched alkanes of at least 4 members (excludes halogenated alkanes) is 2. The molecule has 1 N–H and O–H groups in total. The fourth-order valence-electron chi connectivity index (χ4n) is 1.92. The Morgan fingerprint density at radius 2 is 1.44 bits per heavy atom. The first-order chi connectivity index (χ1) is 12.4. The normalized spacial score (nSPS) is 9.70. The van der Waals surface area contributed by atoms with Gasteiger partial charge in [0.05, 0.1) is 18.1 Å². The minimum atomic E-state index is -0.990. The van der Waals surface area contributed by atoms with E-state index >= 15 is 0 Å². The molecule has 0 heterocycles. The first kappa shape index (κ1) is 24.6. The SMILES string of the molecule is CCCCOC(=O)C(C(=O)OCCCC)=C(O)c1ccc([N+](=O)[O-])cc1.[Cu]. The molecule has 27 heavy (non-hydrogen) atoms. The maximum absolute atomic E-state index is 12.2. The van der Waals surface area contributed by atoms with E-state index in [1.54, 1.807) is 0 Å². The molecular weight excluding hydrogens is 406 g/mol. The monoisotopic (exact) mass is 428 g/mol. The Hall–Kier alpha value is -2.38. The molecular formula is C18H23CuNO7. The predicted octanol–water partition coefficient (Wildman–Crippen LogP) is 3.55. The van der Waals surface area contributed by atoms with Crippen LogP contribution < -0.4 is 0 Å². The number of carbonyl (C=O) groups is 2. The van der Waals surface area contributed by atoms with Crippen molar-refractivity contribution in [2.75, 3.05) is 13.2 Å². The van der Waals surface area contributed by atoms with Gasteiger partial charge in [-0.25, -0.2) is 9.59 Å². The summed E-state index contributed by atoms with van der Waals surface area (Å²) in [4.78, 5) is 34.6. The van der Waals surface area contributed by atoms with Gasteiger partial charge in [-0.05, 0) is 25.0 Å². The Morgan fingerprint density at radius 1 is 1.00 bits per heavy atom. The fourth-order valence-corrected chi connectivity index (χ4v) is 1.92. The Kier molecular flexibility index (Phi) is 11.8. The second-order valence-electron chi connectivity index (χ2n) is 5.51. The zero-order valence-corrected chi connectivity index (χ0v) is 16.1. The van der Waals surface area contributed by atoms with Gasteiger partial charge >= 0.3 is 11.9 Å². The number of nitro groups is 1. The minimum absolute atomic E-state index is 0. The number of nitrogens with zero attached hydrogens (tertiary/aromatic N) is 1. The number of non-ortho nitro benzene ring substituents is 1. The number of esters is 2. The van der Waals surface area contributed by atoms with E-state index in [0.717, 1.165) is 25.0 Å². The zero-order chi connectivity index (χ0) is 19.5. The molecule has 153 valence electrons. The number of nitro benzene ring substituents is 1. The molecule has 0 amide bonds. The van der Waals surface area contributed by atoms with Crippen LogP contribution in [0.5, 0.6) is 0 Å². The molecule has 0 bridgehead atoms.